The normalized spacial score (nSPS) is 17.1. The number of benzene rings is 2. The monoisotopic (exact) mass is 440 g/mol. The van der Waals surface area contributed by atoms with Crippen LogP contribution in [0.2, 0.25) is 5.02 Å². The van der Waals surface area contributed by atoms with Crippen molar-refractivity contribution in [2.75, 3.05) is 6.54 Å². The van der Waals surface area contributed by atoms with Gasteiger partial charge in [0.05, 0.1) is 5.25 Å². The molecule has 4 rings (SSSR count). The second-order valence-corrected chi connectivity index (χ2v) is 8.74. The minimum atomic E-state index is -0.379. The Morgan fingerprint density at radius 1 is 1.07 bits per heavy atom. The molecule has 8 heteroatoms. The Balaban J connectivity index is 1.54. The number of carbonyl (C=O) groups is 2. The molecule has 0 bridgehead atoms. The van der Waals surface area contributed by atoms with E-state index in [2.05, 4.69) is 10.2 Å². The van der Waals surface area contributed by atoms with E-state index in [0.29, 0.717) is 28.7 Å². The van der Waals surface area contributed by atoms with E-state index in [9.17, 15) is 9.59 Å². The van der Waals surface area contributed by atoms with Gasteiger partial charge in [-0.2, -0.15) is 0 Å². The molecule has 1 saturated heterocycles. The largest absolute Gasteiger partial charge is 0.305 e. The third-order valence-corrected chi connectivity index (χ3v) is 6.63. The topological polar surface area (TPSA) is 68.1 Å². The van der Waals surface area contributed by atoms with Crippen LogP contribution in [-0.2, 0) is 11.8 Å². The van der Waals surface area contributed by atoms with Crippen LogP contribution in [0.3, 0.4) is 0 Å². The summed E-state index contributed by atoms with van der Waals surface area (Å²) in [7, 11) is 1.89. The van der Waals surface area contributed by atoms with E-state index in [4.69, 9.17) is 11.6 Å². The first-order valence-electron chi connectivity index (χ1n) is 9.77. The highest BCUT2D eigenvalue weighted by Crippen LogP contribution is 2.31. The zero-order valence-corrected chi connectivity index (χ0v) is 18.1. The third-order valence-electron chi connectivity index (χ3n) is 5.09. The molecule has 0 unspecified atom stereocenters. The predicted octanol–water partition coefficient (Wildman–Crippen LogP) is 4.45. The average molecular weight is 441 g/mol. The quantitative estimate of drug-likeness (QED) is 0.560. The first-order chi connectivity index (χ1) is 14.5. The molecule has 2 aromatic carbocycles. The molecule has 6 nitrogen and oxygen atoms in total. The highest BCUT2D eigenvalue weighted by molar-refractivity contribution is 8.00. The summed E-state index contributed by atoms with van der Waals surface area (Å²) in [6.07, 6.45) is 2.36. The maximum absolute atomic E-state index is 13.2. The number of carbonyl (C=O) groups excluding carboxylic acids is 2. The molecule has 2 amide bonds. The molecule has 0 spiro atoms. The molecule has 30 heavy (non-hydrogen) atoms. The predicted molar refractivity (Wildman–Crippen MR) is 117 cm³/mol. The van der Waals surface area contributed by atoms with Gasteiger partial charge in [-0.1, -0.05) is 60.1 Å². The van der Waals surface area contributed by atoms with Gasteiger partial charge in [0.1, 0.15) is 0 Å². The Hall–Kier alpha value is -2.64. The summed E-state index contributed by atoms with van der Waals surface area (Å²) in [4.78, 5) is 27.5. The number of amides is 2. The van der Waals surface area contributed by atoms with Crippen molar-refractivity contribution in [2.24, 2.45) is 7.05 Å². The van der Waals surface area contributed by atoms with Gasteiger partial charge in [-0.05, 0) is 37.1 Å². The Bertz CT molecular complexity index is 1050. The number of hydrogen-bond acceptors (Lipinski definition) is 5. The smallest absolute Gasteiger partial charge is 0.260 e. The summed E-state index contributed by atoms with van der Waals surface area (Å²) < 4.78 is 1.89. The van der Waals surface area contributed by atoms with Crippen LogP contribution in [0, 0.1) is 0 Å². The Morgan fingerprint density at radius 2 is 1.80 bits per heavy atom. The van der Waals surface area contributed by atoms with Gasteiger partial charge in [0.15, 0.2) is 11.0 Å². The van der Waals surface area contributed by atoms with Crippen LogP contribution in [0.1, 0.15) is 29.6 Å². The summed E-state index contributed by atoms with van der Waals surface area (Å²) in [6, 6.07) is 16.4. The number of hydrogen-bond donors (Lipinski definition) is 0. The molecule has 1 aromatic heterocycles. The fraction of sp³-hybridized carbons (Fsp3) is 0.273. The fourth-order valence-electron chi connectivity index (χ4n) is 3.45. The van der Waals surface area contributed by atoms with Crippen LogP contribution in [0.15, 0.2) is 59.8 Å². The van der Waals surface area contributed by atoms with Crippen LogP contribution < -0.4 is 0 Å². The minimum absolute atomic E-state index is 0.179. The van der Waals surface area contributed by atoms with Crippen LogP contribution in [-0.4, -0.2) is 43.3 Å². The van der Waals surface area contributed by atoms with Crippen molar-refractivity contribution in [1.29, 1.82) is 0 Å². The third kappa shape index (κ3) is 4.27. The fourth-order valence-corrected chi connectivity index (χ4v) is 4.68. The van der Waals surface area contributed by atoms with Crippen molar-refractivity contribution in [3.8, 4) is 11.4 Å². The van der Waals surface area contributed by atoms with Crippen molar-refractivity contribution < 1.29 is 9.59 Å². The zero-order chi connectivity index (χ0) is 21.1. The number of likely N-dealkylation sites (tertiary alicyclic amines) is 1. The minimum Gasteiger partial charge on any atom is -0.305 e. The highest BCUT2D eigenvalue weighted by Gasteiger charge is 2.33. The maximum atomic E-state index is 13.2. The first-order valence-corrected chi connectivity index (χ1v) is 11.0. The maximum Gasteiger partial charge on any atom is 0.260 e. The molecule has 1 fully saturated rings. The summed E-state index contributed by atoms with van der Waals surface area (Å²) in [5.41, 5.74) is 1.43. The Morgan fingerprint density at radius 3 is 2.53 bits per heavy atom. The summed E-state index contributed by atoms with van der Waals surface area (Å²) in [5, 5.41) is 9.43. The summed E-state index contributed by atoms with van der Waals surface area (Å²) in [5.74, 6) is 0.280. The summed E-state index contributed by atoms with van der Waals surface area (Å²) >= 11 is 7.29. The van der Waals surface area contributed by atoms with E-state index in [0.717, 1.165) is 24.2 Å². The van der Waals surface area contributed by atoms with Crippen molar-refractivity contribution in [3.63, 3.8) is 0 Å². The molecule has 0 N–H and O–H groups in total. The Labute approximate surface area is 184 Å². The van der Waals surface area contributed by atoms with E-state index in [-0.39, 0.29) is 17.1 Å². The lowest BCUT2D eigenvalue weighted by Crippen LogP contribution is -2.41. The second-order valence-electron chi connectivity index (χ2n) is 7.14. The van der Waals surface area contributed by atoms with Crippen molar-refractivity contribution in [2.45, 2.75) is 29.7 Å². The van der Waals surface area contributed by atoms with E-state index in [1.54, 1.807) is 24.3 Å². The number of rotatable bonds is 4. The zero-order valence-electron chi connectivity index (χ0n) is 16.5. The first kappa shape index (κ1) is 20.6. The number of imide groups is 1. The number of aromatic nitrogens is 3. The van der Waals surface area contributed by atoms with Crippen molar-refractivity contribution in [1.82, 2.24) is 19.7 Å². The van der Waals surface area contributed by atoms with Crippen LogP contribution in [0.25, 0.3) is 11.4 Å². The van der Waals surface area contributed by atoms with Gasteiger partial charge in [0.25, 0.3) is 5.91 Å². The lowest BCUT2D eigenvalue weighted by atomic mass is 10.2. The molecule has 0 aliphatic carbocycles. The van der Waals surface area contributed by atoms with Gasteiger partial charge in [-0.3, -0.25) is 14.5 Å². The molecule has 0 saturated carbocycles. The number of thioether (sulfide) groups is 1. The van der Waals surface area contributed by atoms with Gasteiger partial charge in [0.2, 0.25) is 5.91 Å². The molecule has 1 aliphatic heterocycles. The van der Waals surface area contributed by atoms with Gasteiger partial charge in [-0.15, -0.1) is 10.2 Å². The molecule has 1 atom stereocenters. The lowest BCUT2D eigenvalue weighted by molar-refractivity contribution is -0.127. The van der Waals surface area contributed by atoms with E-state index in [1.165, 1.54) is 16.7 Å². The molecule has 1 aliphatic rings. The standard InChI is InChI=1S/C22H21ClN4O2S/c1-26-19(15-7-3-2-4-8-15)24-25-22(26)30-18-9-5-6-14-27(21(18)29)20(28)16-10-12-17(23)13-11-16/h2-4,7-8,10-13,18H,5-6,9,14H2,1H3/t18-/m0/s1. The average Bonchev–Trinajstić information content (AvgIpc) is 3.02. The van der Waals surface area contributed by atoms with Crippen LogP contribution >= 0.6 is 23.4 Å². The SMILES string of the molecule is Cn1c(S[C@H]2CCCCN(C(=O)c3ccc(Cl)cc3)C2=O)nnc1-c1ccccc1. The van der Waals surface area contributed by atoms with Crippen LogP contribution in [0.5, 0.6) is 0 Å². The summed E-state index contributed by atoms with van der Waals surface area (Å²) in [6.45, 7) is 0.422. The lowest BCUT2D eigenvalue weighted by Gasteiger charge is -2.22. The molecular weight excluding hydrogens is 420 g/mol. The van der Waals surface area contributed by atoms with Gasteiger partial charge in [-0.25, -0.2) is 0 Å². The van der Waals surface area contributed by atoms with Gasteiger partial charge < -0.3 is 4.57 Å². The van der Waals surface area contributed by atoms with E-state index in [1.807, 2.05) is 41.9 Å². The molecular formula is C22H21ClN4O2S. The Kier molecular flexibility index (Phi) is 6.20. The molecule has 2 heterocycles. The number of nitrogens with zero attached hydrogens (tertiary/aromatic N) is 4. The van der Waals surface area contributed by atoms with Gasteiger partial charge in [0, 0.05) is 29.7 Å². The number of halogens is 1. The van der Waals surface area contributed by atoms with E-state index >= 15 is 0 Å². The highest BCUT2D eigenvalue weighted by atomic mass is 35.5. The van der Waals surface area contributed by atoms with Crippen LogP contribution in [0.4, 0.5) is 0 Å². The van der Waals surface area contributed by atoms with Gasteiger partial charge >= 0.3 is 0 Å². The molecule has 154 valence electrons. The molecule has 0 radical (unpaired) electrons. The molecule has 3 aromatic rings. The van der Waals surface area contributed by atoms with E-state index < -0.39 is 0 Å². The van der Waals surface area contributed by atoms with Crippen molar-refractivity contribution in [3.05, 3.63) is 65.2 Å². The van der Waals surface area contributed by atoms with Crippen molar-refractivity contribution >= 4 is 35.2 Å². The second kappa shape index (κ2) is 9.02.